The Labute approximate surface area is 114 Å². The van der Waals surface area contributed by atoms with E-state index in [1.807, 2.05) is 17.8 Å². The molecule has 0 spiro atoms. The first kappa shape index (κ1) is 13.9. The van der Waals surface area contributed by atoms with Crippen molar-refractivity contribution < 1.29 is 4.79 Å². The number of rotatable bonds is 4. The average molecular weight is 264 g/mol. The standard InChI is InChI=1S/C14H24N4O/c1-11(12-6-4-3-5-7-12)17-14(19)16-10-13-15-8-9-18(13)2/h8-9,11-12H,3-7,10H2,1-2H3,(H2,16,17,19)/t11-/m0/s1. The molecule has 1 aromatic rings. The minimum atomic E-state index is -0.0962. The number of imidazole rings is 1. The summed E-state index contributed by atoms with van der Waals surface area (Å²) in [6.07, 6.45) is 10.0. The molecule has 0 saturated heterocycles. The molecule has 2 amide bonds. The number of aryl methyl sites for hydroxylation is 1. The van der Waals surface area contributed by atoms with Crippen LogP contribution in [-0.4, -0.2) is 21.6 Å². The quantitative estimate of drug-likeness (QED) is 0.875. The number of urea groups is 1. The lowest BCUT2D eigenvalue weighted by atomic mass is 9.85. The third-order valence-corrected chi connectivity index (χ3v) is 4.04. The van der Waals surface area contributed by atoms with Gasteiger partial charge in [-0.15, -0.1) is 0 Å². The minimum absolute atomic E-state index is 0.0962. The normalized spacial score (nSPS) is 18.0. The van der Waals surface area contributed by atoms with Crippen LogP contribution >= 0.6 is 0 Å². The molecule has 0 radical (unpaired) electrons. The van der Waals surface area contributed by atoms with Crippen molar-refractivity contribution in [1.29, 1.82) is 0 Å². The van der Waals surface area contributed by atoms with Gasteiger partial charge < -0.3 is 15.2 Å². The van der Waals surface area contributed by atoms with E-state index in [0.29, 0.717) is 12.5 Å². The van der Waals surface area contributed by atoms with Gasteiger partial charge >= 0.3 is 6.03 Å². The molecule has 0 unspecified atom stereocenters. The van der Waals surface area contributed by atoms with E-state index in [4.69, 9.17) is 0 Å². The maximum atomic E-state index is 11.8. The molecule has 0 bridgehead atoms. The van der Waals surface area contributed by atoms with Crippen molar-refractivity contribution in [2.75, 3.05) is 0 Å². The van der Waals surface area contributed by atoms with Crippen LogP contribution in [-0.2, 0) is 13.6 Å². The van der Waals surface area contributed by atoms with Gasteiger partial charge in [0.2, 0.25) is 0 Å². The van der Waals surface area contributed by atoms with Crippen LogP contribution in [0.15, 0.2) is 12.4 Å². The highest BCUT2D eigenvalue weighted by Gasteiger charge is 2.21. The molecule has 5 heteroatoms. The number of nitrogens with zero attached hydrogens (tertiary/aromatic N) is 2. The van der Waals surface area contributed by atoms with Crippen LogP contribution in [0.25, 0.3) is 0 Å². The second-order valence-corrected chi connectivity index (χ2v) is 5.47. The predicted molar refractivity (Wildman–Crippen MR) is 74.6 cm³/mol. The van der Waals surface area contributed by atoms with Crippen molar-refractivity contribution in [1.82, 2.24) is 20.2 Å². The Morgan fingerprint density at radius 3 is 2.84 bits per heavy atom. The molecule has 0 aliphatic heterocycles. The third-order valence-electron chi connectivity index (χ3n) is 4.04. The fourth-order valence-electron chi connectivity index (χ4n) is 2.74. The van der Waals surface area contributed by atoms with E-state index >= 15 is 0 Å². The van der Waals surface area contributed by atoms with Crippen molar-refractivity contribution >= 4 is 6.03 Å². The number of aromatic nitrogens is 2. The molecule has 2 rings (SSSR count). The molecule has 2 N–H and O–H groups in total. The fraction of sp³-hybridized carbons (Fsp3) is 0.714. The number of amides is 2. The van der Waals surface area contributed by atoms with Gasteiger partial charge in [-0.05, 0) is 25.7 Å². The summed E-state index contributed by atoms with van der Waals surface area (Å²) >= 11 is 0. The highest BCUT2D eigenvalue weighted by atomic mass is 16.2. The zero-order valence-electron chi connectivity index (χ0n) is 11.9. The van der Waals surface area contributed by atoms with Crippen LogP contribution in [0.2, 0.25) is 0 Å². The van der Waals surface area contributed by atoms with E-state index in [0.717, 1.165) is 5.82 Å². The lowest BCUT2D eigenvalue weighted by Crippen LogP contribution is -2.44. The van der Waals surface area contributed by atoms with Gasteiger partial charge in [-0.1, -0.05) is 19.3 Å². The Morgan fingerprint density at radius 1 is 1.47 bits per heavy atom. The van der Waals surface area contributed by atoms with E-state index in [2.05, 4.69) is 22.5 Å². The summed E-state index contributed by atoms with van der Waals surface area (Å²) in [6.45, 7) is 2.57. The van der Waals surface area contributed by atoms with Gasteiger partial charge in [0.25, 0.3) is 0 Å². The lowest BCUT2D eigenvalue weighted by molar-refractivity contribution is 0.224. The molecule has 1 saturated carbocycles. The number of hydrogen-bond donors (Lipinski definition) is 2. The van der Waals surface area contributed by atoms with Crippen LogP contribution in [0.1, 0.15) is 44.9 Å². The fourth-order valence-corrected chi connectivity index (χ4v) is 2.74. The summed E-state index contributed by atoms with van der Waals surface area (Å²) in [4.78, 5) is 16.0. The lowest BCUT2D eigenvalue weighted by Gasteiger charge is -2.28. The van der Waals surface area contributed by atoms with E-state index < -0.39 is 0 Å². The predicted octanol–water partition coefficient (Wildman–Crippen LogP) is 2.19. The van der Waals surface area contributed by atoms with E-state index in [-0.39, 0.29) is 12.1 Å². The van der Waals surface area contributed by atoms with Crippen molar-refractivity contribution in [2.24, 2.45) is 13.0 Å². The number of nitrogens with one attached hydrogen (secondary N) is 2. The van der Waals surface area contributed by atoms with Crippen LogP contribution < -0.4 is 10.6 Å². The number of hydrogen-bond acceptors (Lipinski definition) is 2. The Bertz CT molecular complexity index is 409. The zero-order chi connectivity index (χ0) is 13.7. The molecule has 1 aliphatic carbocycles. The number of carbonyl (C=O) groups is 1. The van der Waals surface area contributed by atoms with Crippen LogP contribution in [0.3, 0.4) is 0 Å². The Morgan fingerprint density at radius 2 is 2.21 bits per heavy atom. The maximum Gasteiger partial charge on any atom is 0.315 e. The highest BCUT2D eigenvalue weighted by Crippen LogP contribution is 2.26. The van der Waals surface area contributed by atoms with Crippen LogP contribution in [0.4, 0.5) is 4.79 Å². The van der Waals surface area contributed by atoms with Crippen molar-refractivity contribution in [2.45, 2.75) is 51.6 Å². The molecule has 1 aliphatic rings. The largest absolute Gasteiger partial charge is 0.337 e. The van der Waals surface area contributed by atoms with Gasteiger partial charge in [0, 0.05) is 25.5 Å². The Kier molecular flexibility index (Phi) is 4.82. The topological polar surface area (TPSA) is 59.0 Å². The monoisotopic (exact) mass is 264 g/mol. The maximum absolute atomic E-state index is 11.8. The molecular formula is C14H24N4O. The molecule has 19 heavy (non-hydrogen) atoms. The summed E-state index contributed by atoms with van der Waals surface area (Å²) in [7, 11) is 1.92. The smallest absolute Gasteiger partial charge is 0.315 e. The van der Waals surface area contributed by atoms with Gasteiger partial charge in [-0.3, -0.25) is 0 Å². The minimum Gasteiger partial charge on any atom is -0.337 e. The summed E-state index contributed by atoms with van der Waals surface area (Å²) in [5.41, 5.74) is 0. The van der Waals surface area contributed by atoms with Gasteiger partial charge in [-0.25, -0.2) is 9.78 Å². The van der Waals surface area contributed by atoms with E-state index in [1.54, 1.807) is 6.20 Å². The first-order valence-corrected chi connectivity index (χ1v) is 7.17. The van der Waals surface area contributed by atoms with Crippen molar-refractivity contribution in [3.63, 3.8) is 0 Å². The molecule has 1 fully saturated rings. The zero-order valence-corrected chi connectivity index (χ0v) is 11.9. The molecule has 0 aromatic carbocycles. The Balaban J connectivity index is 1.73. The van der Waals surface area contributed by atoms with E-state index in [9.17, 15) is 4.79 Å². The van der Waals surface area contributed by atoms with Crippen molar-refractivity contribution in [3.8, 4) is 0 Å². The first-order valence-electron chi connectivity index (χ1n) is 7.17. The van der Waals surface area contributed by atoms with Crippen LogP contribution in [0.5, 0.6) is 0 Å². The summed E-state index contributed by atoms with van der Waals surface area (Å²) in [5, 5.41) is 5.91. The molecule has 1 atom stereocenters. The molecule has 1 aromatic heterocycles. The first-order chi connectivity index (χ1) is 9.16. The second kappa shape index (κ2) is 6.59. The summed E-state index contributed by atoms with van der Waals surface area (Å²) in [5.74, 6) is 1.49. The molecule has 5 nitrogen and oxygen atoms in total. The van der Waals surface area contributed by atoms with Gasteiger partial charge in [0.15, 0.2) is 0 Å². The van der Waals surface area contributed by atoms with Crippen molar-refractivity contribution in [3.05, 3.63) is 18.2 Å². The second-order valence-electron chi connectivity index (χ2n) is 5.47. The summed E-state index contributed by atoms with van der Waals surface area (Å²) in [6, 6.07) is 0.155. The third kappa shape index (κ3) is 3.98. The van der Waals surface area contributed by atoms with Crippen LogP contribution in [0, 0.1) is 5.92 Å². The van der Waals surface area contributed by atoms with Gasteiger partial charge in [0.1, 0.15) is 5.82 Å². The van der Waals surface area contributed by atoms with Gasteiger partial charge in [-0.2, -0.15) is 0 Å². The van der Waals surface area contributed by atoms with Gasteiger partial charge in [0.05, 0.1) is 6.54 Å². The highest BCUT2D eigenvalue weighted by molar-refractivity contribution is 5.74. The SMILES string of the molecule is C[C@H](NC(=O)NCc1nccn1C)C1CCCCC1. The van der Waals surface area contributed by atoms with E-state index in [1.165, 1.54) is 32.1 Å². The Hall–Kier alpha value is -1.52. The summed E-state index contributed by atoms with van der Waals surface area (Å²) < 4.78 is 1.91. The average Bonchev–Trinajstić information content (AvgIpc) is 2.83. The molecule has 106 valence electrons. The number of carbonyl (C=O) groups excluding carboxylic acids is 1. The molecule has 1 heterocycles. The molecular weight excluding hydrogens is 240 g/mol.